The summed E-state index contributed by atoms with van der Waals surface area (Å²) in [5, 5.41) is 0. The van der Waals surface area contributed by atoms with Crippen molar-refractivity contribution < 1.29 is 19.1 Å². The lowest BCUT2D eigenvalue weighted by molar-refractivity contribution is -0.156. The normalized spacial score (nSPS) is 11.5. The molecule has 0 saturated heterocycles. The summed E-state index contributed by atoms with van der Waals surface area (Å²) < 4.78 is 9.74. The van der Waals surface area contributed by atoms with Gasteiger partial charge in [0.15, 0.2) is 0 Å². The van der Waals surface area contributed by atoms with Gasteiger partial charge in [-0.05, 0) is 62.3 Å². The molecule has 0 aliphatic heterocycles. The van der Waals surface area contributed by atoms with Crippen molar-refractivity contribution in [2.24, 2.45) is 10.8 Å². The molecule has 0 aromatic rings. The molecule has 0 bridgehead atoms. The highest BCUT2D eigenvalue weighted by Crippen LogP contribution is 2.16. The Morgan fingerprint density at radius 2 is 1.26 bits per heavy atom. The van der Waals surface area contributed by atoms with Crippen molar-refractivity contribution in [2.75, 3.05) is 6.61 Å². The topological polar surface area (TPSA) is 52.6 Å². The highest BCUT2D eigenvalue weighted by Gasteiger charge is 2.23. The molecule has 0 atom stereocenters. The van der Waals surface area contributed by atoms with E-state index < -0.39 is 0 Å². The number of carbonyl (C=O) groups excluding carboxylic acids is 2. The average molecular weight is 274 g/mol. The fourth-order valence-corrected chi connectivity index (χ4v) is 0.738. The maximum absolute atomic E-state index is 11.1. The van der Waals surface area contributed by atoms with E-state index in [1.54, 1.807) is 0 Å². The minimum Gasteiger partial charge on any atom is -0.466 e. The second-order valence-electron chi connectivity index (χ2n) is 6.67. The fourth-order valence-electron chi connectivity index (χ4n) is 0.738. The monoisotopic (exact) mass is 274 g/mol. The third-order valence-electron chi connectivity index (χ3n) is 1.84. The van der Waals surface area contributed by atoms with Gasteiger partial charge < -0.3 is 9.47 Å². The van der Waals surface area contributed by atoms with Crippen LogP contribution in [-0.4, -0.2) is 24.6 Å². The summed E-state index contributed by atoms with van der Waals surface area (Å²) in [6.07, 6.45) is -0.00766. The lowest BCUT2D eigenvalue weighted by atomic mass is 9.97. The van der Waals surface area contributed by atoms with E-state index in [4.69, 9.17) is 9.47 Å². The highest BCUT2D eigenvalue weighted by atomic mass is 16.5. The van der Waals surface area contributed by atoms with Gasteiger partial charge in [0.05, 0.1) is 23.5 Å². The summed E-state index contributed by atoms with van der Waals surface area (Å²) in [4.78, 5) is 21.9. The summed E-state index contributed by atoms with van der Waals surface area (Å²) in [5.41, 5.74) is -0.722. The zero-order valence-corrected chi connectivity index (χ0v) is 13.9. The molecule has 4 nitrogen and oxygen atoms in total. The van der Waals surface area contributed by atoms with Crippen molar-refractivity contribution in [3.63, 3.8) is 0 Å². The second-order valence-corrected chi connectivity index (χ2v) is 6.67. The molecule has 0 aliphatic rings. The van der Waals surface area contributed by atoms with Crippen LogP contribution in [0.25, 0.3) is 0 Å². The Kier molecular flexibility index (Phi) is 8.72. The maximum atomic E-state index is 11.1. The maximum Gasteiger partial charge on any atom is 0.311 e. The van der Waals surface area contributed by atoms with Crippen LogP contribution in [-0.2, 0) is 19.1 Å². The zero-order valence-electron chi connectivity index (χ0n) is 13.9. The van der Waals surface area contributed by atoms with Gasteiger partial charge in [-0.2, -0.15) is 0 Å². The van der Waals surface area contributed by atoms with Gasteiger partial charge in [-0.1, -0.05) is 0 Å². The van der Waals surface area contributed by atoms with Crippen molar-refractivity contribution in [1.29, 1.82) is 0 Å². The van der Waals surface area contributed by atoms with Crippen molar-refractivity contribution >= 4 is 11.9 Å². The van der Waals surface area contributed by atoms with Gasteiger partial charge in [-0.25, -0.2) is 0 Å². The lowest BCUT2D eigenvalue weighted by Gasteiger charge is -2.18. The van der Waals surface area contributed by atoms with E-state index in [0.717, 1.165) is 0 Å². The summed E-state index contributed by atoms with van der Waals surface area (Å²) in [6, 6.07) is 0. The Morgan fingerprint density at radius 1 is 0.895 bits per heavy atom. The van der Waals surface area contributed by atoms with Crippen LogP contribution in [0.3, 0.4) is 0 Å². The Morgan fingerprint density at radius 3 is 1.37 bits per heavy atom. The molecule has 19 heavy (non-hydrogen) atoms. The van der Waals surface area contributed by atoms with Crippen LogP contribution < -0.4 is 0 Å². The van der Waals surface area contributed by atoms with Gasteiger partial charge in [0, 0.05) is 0 Å². The molecular formula is C15H30O4. The van der Waals surface area contributed by atoms with E-state index in [1.807, 2.05) is 62.3 Å². The highest BCUT2D eigenvalue weighted by molar-refractivity contribution is 5.75. The molecule has 0 aromatic heterocycles. The molecule has 114 valence electrons. The van der Waals surface area contributed by atoms with E-state index in [2.05, 4.69) is 0 Å². The van der Waals surface area contributed by atoms with Gasteiger partial charge >= 0.3 is 11.9 Å². The number of ether oxygens (including phenoxy) is 2. The van der Waals surface area contributed by atoms with Gasteiger partial charge in [-0.15, -0.1) is 0 Å². The number of esters is 2. The van der Waals surface area contributed by atoms with Gasteiger partial charge in [0.1, 0.15) is 0 Å². The predicted octanol–water partition coefficient (Wildman–Crippen LogP) is 3.58. The van der Waals surface area contributed by atoms with E-state index in [0.29, 0.717) is 6.61 Å². The first-order valence-corrected chi connectivity index (χ1v) is 6.70. The molecule has 0 aliphatic carbocycles. The predicted molar refractivity (Wildman–Crippen MR) is 76.8 cm³/mol. The van der Waals surface area contributed by atoms with Crippen LogP contribution in [0.2, 0.25) is 0 Å². The Hall–Kier alpha value is -1.06. The fraction of sp³-hybridized carbons (Fsp3) is 0.867. The summed E-state index contributed by atoms with van der Waals surface area (Å²) in [5.74, 6) is -0.271. The molecule has 0 unspecified atom stereocenters. The van der Waals surface area contributed by atoms with Crippen LogP contribution in [0.5, 0.6) is 0 Å². The van der Waals surface area contributed by atoms with E-state index >= 15 is 0 Å². The largest absolute Gasteiger partial charge is 0.466 e. The van der Waals surface area contributed by atoms with Crippen molar-refractivity contribution in [2.45, 2.75) is 68.4 Å². The molecule has 4 heteroatoms. The van der Waals surface area contributed by atoms with Crippen LogP contribution >= 0.6 is 0 Å². The summed E-state index contributed by atoms with van der Waals surface area (Å²) >= 11 is 0. The van der Waals surface area contributed by atoms with E-state index in [1.165, 1.54) is 0 Å². The van der Waals surface area contributed by atoms with Crippen LogP contribution in [0.15, 0.2) is 0 Å². The summed E-state index contributed by atoms with van der Waals surface area (Å²) in [6.45, 7) is 17.0. The molecule has 0 amide bonds. The minimum atomic E-state index is -0.371. The van der Waals surface area contributed by atoms with Crippen LogP contribution in [0.4, 0.5) is 0 Å². The standard InChI is InChI=1S/C8H16O2.C7H14O2/c1-6(2)10-7(9)8(3,4)5;1-5-9-6(8)7(2,3)4/h6H,1-5H3;5H2,1-4H3. The molecule has 0 saturated carbocycles. The van der Waals surface area contributed by atoms with Crippen molar-refractivity contribution in [3.05, 3.63) is 0 Å². The molecule has 0 spiro atoms. The molecule has 0 aromatic carbocycles. The number of hydrogen-bond acceptors (Lipinski definition) is 4. The Balaban J connectivity index is 0. The lowest BCUT2D eigenvalue weighted by Crippen LogP contribution is -2.25. The van der Waals surface area contributed by atoms with Crippen molar-refractivity contribution in [1.82, 2.24) is 0 Å². The summed E-state index contributed by atoms with van der Waals surface area (Å²) in [7, 11) is 0. The molecule has 0 heterocycles. The van der Waals surface area contributed by atoms with Crippen LogP contribution in [0.1, 0.15) is 62.3 Å². The third-order valence-corrected chi connectivity index (χ3v) is 1.84. The molecule has 0 radical (unpaired) electrons. The SMILES string of the molecule is CC(C)OC(=O)C(C)(C)C.CCOC(=O)C(C)(C)C. The zero-order chi connectivity index (χ0) is 15.9. The van der Waals surface area contributed by atoms with Gasteiger partial charge in [0.2, 0.25) is 0 Å². The smallest absolute Gasteiger partial charge is 0.311 e. The second kappa shape index (κ2) is 8.18. The Bertz CT molecular complexity index is 280. The van der Waals surface area contributed by atoms with E-state index in [-0.39, 0.29) is 28.9 Å². The quantitative estimate of drug-likeness (QED) is 0.722. The molecular weight excluding hydrogens is 244 g/mol. The first kappa shape index (κ1) is 20.3. The average Bonchev–Trinajstić information content (AvgIpc) is 2.15. The van der Waals surface area contributed by atoms with Crippen molar-refractivity contribution in [3.8, 4) is 0 Å². The number of hydrogen-bond donors (Lipinski definition) is 0. The minimum absolute atomic E-state index is 0.00766. The molecule has 0 fully saturated rings. The van der Waals surface area contributed by atoms with Gasteiger partial charge in [-0.3, -0.25) is 9.59 Å². The first-order valence-electron chi connectivity index (χ1n) is 6.70. The molecule has 0 rings (SSSR count). The molecule has 0 N–H and O–H groups in total. The van der Waals surface area contributed by atoms with Crippen LogP contribution in [0, 0.1) is 10.8 Å². The van der Waals surface area contributed by atoms with Gasteiger partial charge in [0.25, 0.3) is 0 Å². The number of carbonyl (C=O) groups is 2. The number of rotatable bonds is 2. The third kappa shape index (κ3) is 11.7. The Labute approximate surface area is 117 Å². The van der Waals surface area contributed by atoms with E-state index in [9.17, 15) is 9.59 Å². The first-order chi connectivity index (χ1) is 8.32.